The highest BCUT2D eigenvalue weighted by Gasteiger charge is 2.08. The standard InChI is InChI=1S/C13H19ClN2O2/c1-16(2)9-12(17)8-15-13(18)7-10-3-5-11(14)6-4-10/h3-6,12,17H,7-9H2,1-2H3,(H,15,18). The van der Waals surface area contributed by atoms with E-state index in [2.05, 4.69) is 5.32 Å². The number of hydrogen-bond donors (Lipinski definition) is 2. The maximum absolute atomic E-state index is 11.6. The Labute approximate surface area is 113 Å². The van der Waals surface area contributed by atoms with Crippen LogP contribution in [-0.2, 0) is 11.2 Å². The third-order valence-corrected chi connectivity index (χ3v) is 2.64. The van der Waals surface area contributed by atoms with Crippen molar-refractivity contribution in [1.82, 2.24) is 10.2 Å². The van der Waals surface area contributed by atoms with Crippen molar-refractivity contribution in [2.45, 2.75) is 12.5 Å². The normalized spacial score (nSPS) is 12.5. The van der Waals surface area contributed by atoms with Gasteiger partial charge in [-0.15, -0.1) is 0 Å². The Morgan fingerprint density at radius 3 is 2.56 bits per heavy atom. The van der Waals surface area contributed by atoms with Crippen molar-refractivity contribution in [3.63, 3.8) is 0 Å². The Bertz CT molecular complexity index is 379. The van der Waals surface area contributed by atoms with Crippen molar-refractivity contribution in [3.8, 4) is 0 Å². The van der Waals surface area contributed by atoms with E-state index in [4.69, 9.17) is 11.6 Å². The van der Waals surface area contributed by atoms with Crippen LogP contribution in [0.5, 0.6) is 0 Å². The summed E-state index contributed by atoms with van der Waals surface area (Å²) in [5.41, 5.74) is 0.902. The zero-order valence-electron chi connectivity index (χ0n) is 10.7. The third kappa shape index (κ3) is 6.00. The third-order valence-electron chi connectivity index (χ3n) is 2.39. The summed E-state index contributed by atoms with van der Waals surface area (Å²) >= 11 is 5.76. The van der Waals surface area contributed by atoms with Gasteiger partial charge in [-0.3, -0.25) is 4.79 Å². The van der Waals surface area contributed by atoms with Crippen LogP contribution >= 0.6 is 11.6 Å². The van der Waals surface area contributed by atoms with E-state index in [-0.39, 0.29) is 12.5 Å². The van der Waals surface area contributed by atoms with E-state index in [0.29, 0.717) is 18.0 Å². The first-order valence-corrected chi connectivity index (χ1v) is 6.19. The molecule has 0 aliphatic rings. The first-order valence-electron chi connectivity index (χ1n) is 5.81. The number of hydrogen-bond acceptors (Lipinski definition) is 3. The maximum Gasteiger partial charge on any atom is 0.224 e. The van der Waals surface area contributed by atoms with Gasteiger partial charge in [-0.2, -0.15) is 0 Å². The van der Waals surface area contributed by atoms with Gasteiger partial charge in [0.25, 0.3) is 0 Å². The lowest BCUT2D eigenvalue weighted by Gasteiger charge is -2.16. The largest absolute Gasteiger partial charge is 0.390 e. The molecule has 1 aromatic rings. The molecule has 1 atom stereocenters. The van der Waals surface area contributed by atoms with Crippen LogP contribution in [0.2, 0.25) is 5.02 Å². The molecule has 0 aliphatic heterocycles. The fourth-order valence-electron chi connectivity index (χ4n) is 1.57. The summed E-state index contributed by atoms with van der Waals surface area (Å²) in [6.45, 7) is 0.797. The number of nitrogens with zero attached hydrogens (tertiary/aromatic N) is 1. The second-order valence-electron chi connectivity index (χ2n) is 4.52. The monoisotopic (exact) mass is 270 g/mol. The van der Waals surface area contributed by atoms with E-state index < -0.39 is 6.10 Å². The highest BCUT2D eigenvalue weighted by Crippen LogP contribution is 2.09. The topological polar surface area (TPSA) is 52.6 Å². The number of carbonyl (C=O) groups excluding carboxylic acids is 1. The van der Waals surface area contributed by atoms with Crippen LogP contribution in [0.25, 0.3) is 0 Å². The van der Waals surface area contributed by atoms with E-state index >= 15 is 0 Å². The average Bonchev–Trinajstić information content (AvgIpc) is 2.29. The highest BCUT2D eigenvalue weighted by molar-refractivity contribution is 6.30. The van der Waals surface area contributed by atoms with E-state index in [1.165, 1.54) is 0 Å². The number of likely N-dealkylation sites (N-methyl/N-ethyl adjacent to an activating group) is 1. The molecule has 2 N–H and O–H groups in total. The van der Waals surface area contributed by atoms with Crippen LogP contribution in [0.4, 0.5) is 0 Å². The molecule has 1 rings (SSSR count). The molecule has 0 aliphatic carbocycles. The number of halogens is 1. The smallest absolute Gasteiger partial charge is 0.224 e. The molecule has 100 valence electrons. The molecule has 0 spiro atoms. The maximum atomic E-state index is 11.6. The molecule has 1 amide bonds. The van der Waals surface area contributed by atoms with Crippen LogP contribution in [-0.4, -0.2) is 49.2 Å². The van der Waals surface area contributed by atoms with Crippen molar-refractivity contribution in [2.24, 2.45) is 0 Å². The summed E-state index contributed by atoms with van der Waals surface area (Å²) < 4.78 is 0. The SMILES string of the molecule is CN(C)CC(O)CNC(=O)Cc1ccc(Cl)cc1. The van der Waals surface area contributed by atoms with Gasteiger partial charge in [0, 0.05) is 18.1 Å². The van der Waals surface area contributed by atoms with Gasteiger partial charge in [0.2, 0.25) is 5.91 Å². The Kier molecular flexibility index (Phi) is 6.12. The molecule has 0 saturated heterocycles. The van der Waals surface area contributed by atoms with Gasteiger partial charge in [0.15, 0.2) is 0 Å². The van der Waals surface area contributed by atoms with Gasteiger partial charge in [0.1, 0.15) is 0 Å². The number of carbonyl (C=O) groups is 1. The summed E-state index contributed by atoms with van der Waals surface area (Å²) in [7, 11) is 3.75. The van der Waals surface area contributed by atoms with Crippen molar-refractivity contribution in [2.75, 3.05) is 27.2 Å². The van der Waals surface area contributed by atoms with Crippen molar-refractivity contribution < 1.29 is 9.90 Å². The van der Waals surface area contributed by atoms with E-state index in [1.54, 1.807) is 12.1 Å². The number of nitrogens with one attached hydrogen (secondary N) is 1. The fourth-order valence-corrected chi connectivity index (χ4v) is 1.69. The number of amides is 1. The quantitative estimate of drug-likeness (QED) is 0.808. The number of rotatable bonds is 6. The fraction of sp³-hybridized carbons (Fsp3) is 0.462. The molecule has 0 aromatic heterocycles. The molecule has 1 aromatic carbocycles. The highest BCUT2D eigenvalue weighted by atomic mass is 35.5. The number of aliphatic hydroxyl groups is 1. The Morgan fingerprint density at radius 2 is 2.00 bits per heavy atom. The second-order valence-corrected chi connectivity index (χ2v) is 4.96. The van der Waals surface area contributed by atoms with Crippen molar-refractivity contribution >= 4 is 17.5 Å². The first-order chi connectivity index (χ1) is 8.47. The van der Waals surface area contributed by atoms with Crippen LogP contribution in [0, 0.1) is 0 Å². The molecule has 0 heterocycles. The van der Waals surface area contributed by atoms with E-state index in [0.717, 1.165) is 5.56 Å². The predicted octanol–water partition coefficient (Wildman–Crippen LogP) is 0.921. The summed E-state index contributed by atoms with van der Waals surface area (Å²) in [4.78, 5) is 13.5. The van der Waals surface area contributed by atoms with Crippen molar-refractivity contribution in [3.05, 3.63) is 34.9 Å². The predicted molar refractivity (Wildman–Crippen MR) is 72.7 cm³/mol. The molecule has 18 heavy (non-hydrogen) atoms. The molecule has 4 nitrogen and oxygen atoms in total. The lowest BCUT2D eigenvalue weighted by molar-refractivity contribution is -0.120. The minimum Gasteiger partial charge on any atom is -0.390 e. The van der Waals surface area contributed by atoms with Gasteiger partial charge >= 0.3 is 0 Å². The zero-order valence-corrected chi connectivity index (χ0v) is 11.4. The molecule has 5 heteroatoms. The van der Waals surface area contributed by atoms with E-state index in [1.807, 2.05) is 31.1 Å². The minimum absolute atomic E-state index is 0.102. The van der Waals surface area contributed by atoms with Gasteiger partial charge in [-0.25, -0.2) is 0 Å². The molecule has 0 saturated carbocycles. The Balaban J connectivity index is 2.31. The van der Waals surface area contributed by atoms with Gasteiger partial charge in [-0.05, 0) is 31.8 Å². The zero-order chi connectivity index (χ0) is 13.5. The minimum atomic E-state index is -0.547. The van der Waals surface area contributed by atoms with Gasteiger partial charge in [0.05, 0.1) is 12.5 Å². The van der Waals surface area contributed by atoms with Crippen LogP contribution in [0.15, 0.2) is 24.3 Å². The molecular weight excluding hydrogens is 252 g/mol. The average molecular weight is 271 g/mol. The molecular formula is C13H19ClN2O2. The lowest BCUT2D eigenvalue weighted by Crippen LogP contribution is -2.38. The van der Waals surface area contributed by atoms with Crippen LogP contribution in [0.3, 0.4) is 0 Å². The number of benzene rings is 1. The molecule has 0 bridgehead atoms. The van der Waals surface area contributed by atoms with Gasteiger partial charge < -0.3 is 15.3 Å². The molecule has 0 radical (unpaired) electrons. The van der Waals surface area contributed by atoms with Crippen LogP contribution in [0.1, 0.15) is 5.56 Å². The van der Waals surface area contributed by atoms with E-state index in [9.17, 15) is 9.90 Å². The molecule has 1 unspecified atom stereocenters. The summed E-state index contributed by atoms with van der Waals surface area (Å²) in [5.74, 6) is -0.102. The lowest BCUT2D eigenvalue weighted by atomic mass is 10.1. The summed E-state index contributed by atoms with van der Waals surface area (Å²) in [6.07, 6.45) is -0.250. The van der Waals surface area contributed by atoms with Crippen molar-refractivity contribution in [1.29, 1.82) is 0 Å². The Morgan fingerprint density at radius 1 is 1.39 bits per heavy atom. The Hall–Kier alpha value is -1.10. The van der Waals surface area contributed by atoms with Crippen LogP contribution < -0.4 is 5.32 Å². The summed E-state index contributed by atoms with van der Waals surface area (Å²) in [5, 5.41) is 13.0. The second kappa shape index (κ2) is 7.36. The molecule has 0 fully saturated rings. The summed E-state index contributed by atoms with van der Waals surface area (Å²) in [6, 6.07) is 7.15. The number of aliphatic hydroxyl groups excluding tert-OH is 1. The van der Waals surface area contributed by atoms with Gasteiger partial charge in [-0.1, -0.05) is 23.7 Å². The first kappa shape index (κ1) is 15.0.